The van der Waals surface area contributed by atoms with Crippen LogP contribution in [-0.4, -0.2) is 0 Å². The smallest absolute Gasteiger partial charge is 0.0474 e. The van der Waals surface area contributed by atoms with Crippen molar-refractivity contribution in [2.45, 2.75) is 52.8 Å². The van der Waals surface area contributed by atoms with Gasteiger partial charge in [-0.25, -0.2) is 0 Å². The Morgan fingerprint density at radius 2 is 1.29 bits per heavy atom. The van der Waals surface area contributed by atoms with Crippen molar-refractivity contribution in [2.75, 3.05) is 0 Å². The Morgan fingerprint density at radius 1 is 0.875 bits per heavy atom. The predicted octanol–water partition coefficient (Wildman–Crippen LogP) is 8.28. The van der Waals surface area contributed by atoms with Gasteiger partial charge in [-0.05, 0) is 34.6 Å². The van der Waals surface area contributed by atoms with Crippen molar-refractivity contribution in [2.24, 2.45) is 0 Å². The Labute approximate surface area is 159 Å². The third-order valence-electron chi connectivity index (χ3n) is 3.69. The normalized spacial score (nSPS) is 10.3. The van der Waals surface area contributed by atoms with Crippen molar-refractivity contribution in [3.8, 4) is 0 Å². The summed E-state index contributed by atoms with van der Waals surface area (Å²) >= 11 is 11.3. The molecular formula is C22H32Cl2. The van der Waals surface area contributed by atoms with E-state index in [0.29, 0.717) is 17.7 Å². The van der Waals surface area contributed by atoms with Crippen molar-refractivity contribution in [3.63, 3.8) is 0 Å². The SMILES string of the molecule is C.C.C=Cc1ccc(CCl)cc1.CCC(C)c1ccc(CCl)cc1. The Hall–Kier alpha value is -1.24. The minimum absolute atomic E-state index is 0. The van der Waals surface area contributed by atoms with Crippen LogP contribution in [0.1, 0.15) is 63.3 Å². The van der Waals surface area contributed by atoms with Gasteiger partial charge < -0.3 is 0 Å². The van der Waals surface area contributed by atoms with Crippen LogP contribution in [0.3, 0.4) is 0 Å². The number of hydrogen-bond acceptors (Lipinski definition) is 0. The summed E-state index contributed by atoms with van der Waals surface area (Å²) in [5.74, 6) is 1.85. The summed E-state index contributed by atoms with van der Waals surface area (Å²) in [6.07, 6.45) is 3.01. The van der Waals surface area contributed by atoms with Crippen LogP contribution in [0.2, 0.25) is 0 Å². The van der Waals surface area contributed by atoms with Gasteiger partial charge in [0.2, 0.25) is 0 Å². The first kappa shape index (κ1) is 25.0. The zero-order valence-corrected chi connectivity index (χ0v) is 14.9. The fraction of sp³-hybridized carbons (Fsp3) is 0.364. The maximum absolute atomic E-state index is 5.69. The molecule has 0 fully saturated rings. The lowest BCUT2D eigenvalue weighted by molar-refractivity contribution is 0.733. The molecule has 0 amide bonds. The molecule has 2 rings (SSSR count). The van der Waals surface area contributed by atoms with Crippen LogP contribution < -0.4 is 0 Å². The molecule has 0 aliphatic heterocycles. The van der Waals surface area contributed by atoms with E-state index >= 15 is 0 Å². The molecule has 0 heterocycles. The van der Waals surface area contributed by atoms with Gasteiger partial charge in [0.15, 0.2) is 0 Å². The summed E-state index contributed by atoms with van der Waals surface area (Å²) in [5, 5.41) is 0. The molecule has 134 valence electrons. The van der Waals surface area contributed by atoms with E-state index in [-0.39, 0.29) is 14.9 Å². The lowest BCUT2D eigenvalue weighted by Crippen LogP contribution is -1.90. The van der Waals surface area contributed by atoms with Crippen molar-refractivity contribution in [1.29, 1.82) is 0 Å². The summed E-state index contributed by atoms with van der Waals surface area (Å²) in [5.41, 5.74) is 4.89. The fourth-order valence-corrected chi connectivity index (χ4v) is 2.27. The highest BCUT2D eigenvalue weighted by molar-refractivity contribution is 6.17. The second-order valence-electron chi connectivity index (χ2n) is 5.26. The first-order chi connectivity index (χ1) is 10.6. The molecule has 1 atom stereocenters. The third kappa shape index (κ3) is 8.57. The molecule has 2 aromatic carbocycles. The predicted molar refractivity (Wildman–Crippen MR) is 114 cm³/mol. The quantitative estimate of drug-likeness (QED) is 0.466. The van der Waals surface area contributed by atoms with Crippen LogP contribution >= 0.6 is 23.2 Å². The highest BCUT2D eigenvalue weighted by Crippen LogP contribution is 2.19. The maximum atomic E-state index is 5.69. The van der Waals surface area contributed by atoms with Gasteiger partial charge in [0.25, 0.3) is 0 Å². The van der Waals surface area contributed by atoms with Crippen molar-refractivity contribution < 1.29 is 0 Å². The molecule has 0 saturated heterocycles. The second kappa shape index (κ2) is 14.1. The summed E-state index contributed by atoms with van der Waals surface area (Å²) in [4.78, 5) is 0. The van der Waals surface area contributed by atoms with Gasteiger partial charge in [0.05, 0.1) is 0 Å². The summed E-state index contributed by atoms with van der Waals surface area (Å²) < 4.78 is 0. The van der Waals surface area contributed by atoms with Gasteiger partial charge in [0.1, 0.15) is 0 Å². The molecule has 0 spiro atoms. The Morgan fingerprint density at radius 3 is 1.62 bits per heavy atom. The van der Waals surface area contributed by atoms with Crippen molar-refractivity contribution in [1.82, 2.24) is 0 Å². The van der Waals surface area contributed by atoms with E-state index in [1.54, 1.807) is 0 Å². The Balaban J connectivity index is 0. The first-order valence-corrected chi connectivity index (χ1v) is 8.63. The molecule has 0 bridgehead atoms. The topological polar surface area (TPSA) is 0 Å². The van der Waals surface area contributed by atoms with Crippen LogP contribution in [0.25, 0.3) is 6.08 Å². The van der Waals surface area contributed by atoms with Crippen LogP contribution in [-0.2, 0) is 11.8 Å². The lowest BCUT2D eigenvalue weighted by Gasteiger charge is -2.08. The van der Waals surface area contributed by atoms with Gasteiger partial charge in [-0.3, -0.25) is 0 Å². The molecule has 2 aromatic rings. The minimum Gasteiger partial charge on any atom is -0.122 e. The Bertz CT molecular complexity index is 541. The van der Waals surface area contributed by atoms with Crippen LogP contribution in [0, 0.1) is 0 Å². The monoisotopic (exact) mass is 366 g/mol. The highest BCUT2D eigenvalue weighted by Gasteiger charge is 2.01. The third-order valence-corrected chi connectivity index (χ3v) is 4.30. The number of hydrogen-bond donors (Lipinski definition) is 0. The van der Waals surface area contributed by atoms with E-state index in [1.807, 2.05) is 30.3 Å². The molecule has 0 aliphatic carbocycles. The van der Waals surface area contributed by atoms with E-state index < -0.39 is 0 Å². The van der Waals surface area contributed by atoms with Crippen molar-refractivity contribution in [3.05, 3.63) is 77.4 Å². The van der Waals surface area contributed by atoms with Crippen LogP contribution in [0.5, 0.6) is 0 Å². The Kier molecular flexibility index (Phi) is 14.7. The minimum atomic E-state index is 0. The standard InChI is InChI=1S/C11H15Cl.C9H9Cl.2CH4/c1-3-9(2)11-6-4-10(8-12)5-7-11;1-2-8-3-5-9(7-10)6-4-8;;/h4-7,9H,3,8H2,1-2H3;2-6H,1,7H2;2*1H4. The molecule has 0 aromatic heterocycles. The molecular weight excluding hydrogens is 335 g/mol. The molecule has 0 nitrogen and oxygen atoms in total. The van der Waals surface area contributed by atoms with Gasteiger partial charge >= 0.3 is 0 Å². The van der Waals surface area contributed by atoms with Gasteiger partial charge in [0, 0.05) is 11.8 Å². The van der Waals surface area contributed by atoms with Crippen molar-refractivity contribution >= 4 is 29.3 Å². The molecule has 0 radical (unpaired) electrons. The maximum Gasteiger partial charge on any atom is 0.0474 e. The van der Waals surface area contributed by atoms with Crippen LogP contribution in [0.15, 0.2) is 55.1 Å². The average molecular weight is 367 g/mol. The molecule has 0 aliphatic rings. The summed E-state index contributed by atoms with van der Waals surface area (Å²) in [7, 11) is 0. The molecule has 24 heavy (non-hydrogen) atoms. The molecule has 0 saturated carbocycles. The lowest BCUT2D eigenvalue weighted by atomic mass is 9.98. The zero-order chi connectivity index (χ0) is 16.4. The first-order valence-electron chi connectivity index (χ1n) is 7.56. The van der Waals surface area contributed by atoms with E-state index in [2.05, 4.69) is 44.7 Å². The van der Waals surface area contributed by atoms with E-state index in [9.17, 15) is 0 Å². The summed E-state index contributed by atoms with van der Waals surface area (Å²) in [6, 6.07) is 16.6. The van der Waals surface area contributed by atoms with E-state index in [4.69, 9.17) is 23.2 Å². The van der Waals surface area contributed by atoms with Crippen LogP contribution in [0.4, 0.5) is 0 Å². The number of halogens is 2. The average Bonchev–Trinajstić information content (AvgIpc) is 2.61. The second-order valence-corrected chi connectivity index (χ2v) is 5.80. The number of benzene rings is 2. The number of alkyl halides is 2. The molecule has 1 unspecified atom stereocenters. The molecule has 0 N–H and O–H groups in total. The molecule has 2 heteroatoms. The van der Waals surface area contributed by atoms with Gasteiger partial charge in [-0.15, -0.1) is 23.2 Å². The summed E-state index contributed by atoms with van der Waals surface area (Å²) in [6.45, 7) is 8.11. The van der Waals surface area contributed by atoms with Gasteiger partial charge in [-0.1, -0.05) is 89.9 Å². The largest absolute Gasteiger partial charge is 0.122 e. The van der Waals surface area contributed by atoms with Gasteiger partial charge in [-0.2, -0.15) is 0 Å². The highest BCUT2D eigenvalue weighted by atomic mass is 35.5. The fourth-order valence-electron chi connectivity index (χ4n) is 1.91. The van der Waals surface area contributed by atoms with E-state index in [1.165, 1.54) is 17.5 Å². The number of rotatable bonds is 5. The van der Waals surface area contributed by atoms with E-state index in [0.717, 1.165) is 11.1 Å². The zero-order valence-electron chi connectivity index (χ0n) is 13.4.